The summed E-state index contributed by atoms with van der Waals surface area (Å²) in [6.45, 7) is 4.15. The Morgan fingerprint density at radius 2 is 1.65 bits per heavy atom. The molecule has 0 saturated heterocycles. The molecule has 0 aromatic heterocycles. The van der Waals surface area contributed by atoms with E-state index in [2.05, 4.69) is 0 Å². The molecule has 0 spiro atoms. The fraction of sp³-hybridized carbons (Fsp3) is 0.350. The zero-order chi connectivity index (χ0) is 19.3. The van der Waals surface area contributed by atoms with Crippen LogP contribution in [-0.4, -0.2) is 34.2 Å². The van der Waals surface area contributed by atoms with Crippen molar-refractivity contribution in [3.8, 4) is 0 Å². The predicted octanol–water partition coefficient (Wildman–Crippen LogP) is 3.51. The number of aryl methyl sites for hydroxylation is 1. The van der Waals surface area contributed by atoms with Gasteiger partial charge in [0.25, 0.3) is 0 Å². The number of para-hydroxylation sites is 1. The quantitative estimate of drug-likeness (QED) is 0.745. The average molecular weight is 375 g/mol. The summed E-state index contributed by atoms with van der Waals surface area (Å²) in [4.78, 5) is 14.0. The Bertz CT molecular complexity index is 864. The number of benzene rings is 2. The van der Waals surface area contributed by atoms with Gasteiger partial charge in [0.2, 0.25) is 15.9 Å². The molecule has 5 nitrogen and oxygen atoms in total. The molecule has 0 aliphatic heterocycles. The van der Waals surface area contributed by atoms with E-state index in [0.717, 1.165) is 16.8 Å². The maximum atomic E-state index is 12.4. The van der Waals surface area contributed by atoms with Gasteiger partial charge in [-0.1, -0.05) is 30.3 Å². The number of carbonyl (C=O) groups excluding carboxylic acids is 1. The zero-order valence-electron chi connectivity index (χ0n) is 15.8. The third-order valence-electron chi connectivity index (χ3n) is 4.51. The number of rotatable bonds is 7. The molecule has 0 saturated carbocycles. The normalized spacial score (nSPS) is 11.2. The SMILES string of the molecule is Cc1cccc(N(CCCC(=O)N(C)c2ccccc2)S(C)(=O)=O)c1C. The standard InChI is InChI=1S/C20H26N2O3S/c1-16-10-8-13-19(17(16)2)22(26(4,24)25)15-9-14-20(23)21(3)18-11-6-5-7-12-18/h5-8,10-13H,9,14-15H2,1-4H3. The minimum absolute atomic E-state index is 0.0365. The molecule has 0 heterocycles. The van der Waals surface area contributed by atoms with Crippen molar-refractivity contribution in [3.63, 3.8) is 0 Å². The summed E-state index contributed by atoms with van der Waals surface area (Å²) >= 11 is 0. The van der Waals surface area contributed by atoms with E-state index in [9.17, 15) is 13.2 Å². The van der Waals surface area contributed by atoms with Crippen molar-refractivity contribution in [2.45, 2.75) is 26.7 Å². The fourth-order valence-electron chi connectivity index (χ4n) is 2.81. The number of hydrogen-bond donors (Lipinski definition) is 0. The second kappa shape index (κ2) is 8.36. The van der Waals surface area contributed by atoms with E-state index in [4.69, 9.17) is 0 Å². The van der Waals surface area contributed by atoms with E-state index in [1.807, 2.05) is 56.3 Å². The number of hydrogen-bond acceptors (Lipinski definition) is 3. The number of nitrogens with zero attached hydrogens (tertiary/aromatic N) is 2. The highest BCUT2D eigenvalue weighted by Crippen LogP contribution is 2.25. The molecule has 2 aromatic carbocycles. The average Bonchev–Trinajstić information content (AvgIpc) is 2.60. The van der Waals surface area contributed by atoms with Gasteiger partial charge in [0.15, 0.2) is 0 Å². The first-order chi connectivity index (χ1) is 12.2. The highest BCUT2D eigenvalue weighted by molar-refractivity contribution is 7.92. The predicted molar refractivity (Wildman–Crippen MR) is 107 cm³/mol. The van der Waals surface area contributed by atoms with Crippen LogP contribution in [0.25, 0.3) is 0 Å². The third-order valence-corrected chi connectivity index (χ3v) is 5.69. The van der Waals surface area contributed by atoms with Crippen molar-refractivity contribution in [1.29, 1.82) is 0 Å². The molecule has 2 rings (SSSR count). The molecule has 0 N–H and O–H groups in total. The third kappa shape index (κ3) is 4.85. The van der Waals surface area contributed by atoms with E-state index < -0.39 is 10.0 Å². The number of anilines is 2. The van der Waals surface area contributed by atoms with Crippen LogP contribution in [0, 0.1) is 13.8 Å². The molecule has 26 heavy (non-hydrogen) atoms. The van der Waals surface area contributed by atoms with Gasteiger partial charge >= 0.3 is 0 Å². The Labute approximate surface area is 156 Å². The van der Waals surface area contributed by atoms with E-state index in [-0.39, 0.29) is 18.9 Å². The molecular formula is C20H26N2O3S. The first-order valence-corrected chi connectivity index (χ1v) is 10.4. The maximum absolute atomic E-state index is 12.4. The van der Waals surface area contributed by atoms with Gasteiger partial charge in [-0.2, -0.15) is 0 Å². The summed E-state index contributed by atoms with van der Waals surface area (Å²) in [6.07, 6.45) is 1.94. The van der Waals surface area contributed by atoms with E-state index in [1.165, 1.54) is 10.6 Å². The van der Waals surface area contributed by atoms with Crippen LogP contribution in [0.3, 0.4) is 0 Å². The number of carbonyl (C=O) groups is 1. The van der Waals surface area contributed by atoms with Crippen molar-refractivity contribution >= 4 is 27.3 Å². The second-order valence-electron chi connectivity index (χ2n) is 6.45. The lowest BCUT2D eigenvalue weighted by Crippen LogP contribution is -2.33. The molecule has 2 aromatic rings. The molecule has 0 fully saturated rings. The Balaban J connectivity index is 2.07. The summed E-state index contributed by atoms with van der Waals surface area (Å²) in [6, 6.07) is 15.0. The highest BCUT2D eigenvalue weighted by atomic mass is 32.2. The van der Waals surface area contributed by atoms with Gasteiger partial charge < -0.3 is 4.90 Å². The summed E-state index contributed by atoms with van der Waals surface area (Å²) in [5.74, 6) is -0.0365. The number of sulfonamides is 1. The van der Waals surface area contributed by atoms with Crippen LogP contribution in [0.1, 0.15) is 24.0 Å². The smallest absolute Gasteiger partial charge is 0.232 e. The van der Waals surface area contributed by atoms with Crippen molar-refractivity contribution < 1.29 is 13.2 Å². The van der Waals surface area contributed by atoms with Gasteiger partial charge in [-0.3, -0.25) is 9.10 Å². The van der Waals surface area contributed by atoms with E-state index >= 15 is 0 Å². The minimum atomic E-state index is -3.42. The minimum Gasteiger partial charge on any atom is -0.316 e. The maximum Gasteiger partial charge on any atom is 0.232 e. The Kier molecular flexibility index (Phi) is 6.42. The topological polar surface area (TPSA) is 57.7 Å². The molecule has 0 aliphatic carbocycles. The van der Waals surface area contributed by atoms with Crippen LogP contribution in [0.4, 0.5) is 11.4 Å². The lowest BCUT2D eigenvalue weighted by atomic mass is 10.1. The summed E-state index contributed by atoms with van der Waals surface area (Å²) in [5.41, 5.74) is 3.48. The largest absolute Gasteiger partial charge is 0.316 e. The zero-order valence-corrected chi connectivity index (χ0v) is 16.6. The van der Waals surface area contributed by atoms with Crippen LogP contribution < -0.4 is 9.21 Å². The van der Waals surface area contributed by atoms with Crippen molar-refractivity contribution in [3.05, 3.63) is 59.7 Å². The van der Waals surface area contributed by atoms with Crippen LogP contribution in [-0.2, 0) is 14.8 Å². The van der Waals surface area contributed by atoms with Crippen LogP contribution in [0.5, 0.6) is 0 Å². The molecule has 0 unspecified atom stereocenters. The van der Waals surface area contributed by atoms with Gasteiger partial charge in [0.05, 0.1) is 11.9 Å². The van der Waals surface area contributed by atoms with Crippen LogP contribution in [0.15, 0.2) is 48.5 Å². The first-order valence-electron chi connectivity index (χ1n) is 8.57. The van der Waals surface area contributed by atoms with Gasteiger partial charge in [-0.25, -0.2) is 8.42 Å². The molecular weight excluding hydrogens is 348 g/mol. The van der Waals surface area contributed by atoms with Gasteiger partial charge in [-0.05, 0) is 49.6 Å². The van der Waals surface area contributed by atoms with Crippen LogP contribution >= 0.6 is 0 Å². The summed E-state index contributed by atoms with van der Waals surface area (Å²) in [7, 11) is -1.69. The van der Waals surface area contributed by atoms with Gasteiger partial charge in [0, 0.05) is 25.7 Å². The number of amides is 1. The summed E-state index contributed by atoms with van der Waals surface area (Å²) in [5, 5.41) is 0. The monoisotopic (exact) mass is 374 g/mol. The lowest BCUT2D eigenvalue weighted by Gasteiger charge is -2.25. The first kappa shape index (κ1) is 20.0. The van der Waals surface area contributed by atoms with Gasteiger partial charge in [-0.15, -0.1) is 0 Å². The molecule has 0 atom stereocenters. The molecule has 6 heteroatoms. The highest BCUT2D eigenvalue weighted by Gasteiger charge is 2.20. The van der Waals surface area contributed by atoms with E-state index in [0.29, 0.717) is 12.1 Å². The molecule has 0 bridgehead atoms. The van der Waals surface area contributed by atoms with Crippen molar-refractivity contribution in [2.75, 3.05) is 29.1 Å². The Morgan fingerprint density at radius 3 is 2.27 bits per heavy atom. The van der Waals surface area contributed by atoms with Crippen LogP contribution in [0.2, 0.25) is 0 Å². The van der Waals surface area contributed by atoms with E-state index in [1.54, 1.807) is 18.0 Å². The fourth-order valence-corrected chi connectivity index (χ4v) is 3.82. The molecule has 140 valence electrons. The Morgan fingerprint density at radius 1 is 1.00 bits per heavy atom. The Hall–Kier alpha value is -2.34. The lowest BCUT2D eigenvalue weighted by molar-refractivity contribution is -0.118. The van der Waals surface area contributed by atoms with Crippen molar-refractivity contribution in [2.24, 2.45) is 0 Å². The molecule has 0 aliphatic rings. The van der Waals surface area contributed by atoms with Crippen molar-refractivity contribution in [1.82, 2.24) is 0 Å². The van der Waals surface area contributed by atoms with Gasteiger partial charge in [0.1, 0.15) is 0 Å². The molecule has 1 amide bonds. The molecule has 0 radical (unpaired) electrons. The second-order valence-corrected chi connectivity index (χ2v) is 8.35. The summed E-state index contributed by atoms with van der Waals surface area (Å²) < 4.78 is 25.9.